The largest absolute Gasteiger partial charge is 0.497 e. The highest BCUT2D eigenvalue weighted by Crippen LogP contribution is 2.40. The Balaban J connectivity index is 1.38. The van der Waals surface area contributed by atoms with Gasteiger partial charge in [0, 0.05) is 50.3 Å². The van der Waals surface area contributed by atoms with Crippen molar-refractivity contribution < 1.29 is 9.47 Å². The second-order valence-electron chi connectivity index (χ2n) is 8.56. The van der Waals surface area contributed by atoms with E-state index < -0.39 is 0 Å². The number of rotatable bonds is 8. The maximum Gasteiger partial charge on any atom is 0.121 e. The average molecular weight is 372 g/mol. The summed E-state index contributed by atoms with van der Waals surface area (Å²) < 4.78 is 12.8. The van der Waals surface area contributed by atoms with E-state index in [4.69, 9.17) is 9.47 Å². The molecule has 4 rings (SSSR count). The zero-order valence-electron chi connectivity index (χ0n) is 16.9. The van der Waals surface area contributed by atoms with Gasteiger partial charge in [-0.05, 0) is 56.1 Å². The molecule has 3 atom stereocenters. The molecule has 5 heteroatoms. The number of methoxy groups -OCH3 is 2. The van der Waals surface area contributed by atoms with Crippen molar-refractivity contribution in [1.82, 2.24) is 14.7 Å². The van der Waals surface area contributed by atoms with Gasteiger partial charge < -0.3 is 9.47 Å². The monoisotopic (exact) mass is 371 g/mol. The third kappa shape index (κ3) is 3.99. The van der Waals surface area contributed by atoms with Gasteiger partial charge in [0.2, 0.25) is 0 Å². The summed E-state index contributed by atoms with van der Waals surface area (Å²) in [5.41, 5.74) is 1.17. The molecule has 2 saturated heterocycles. The van der Waals surface area contributed by atoms with Crippen LogP contribution in [0.1, 0.15) is 39.0 Å². The normalized spacial score (nSPS) is 26.6. The second-order valence-corrected chi connectivity index (χ2v) is 8.56. The predicted octanol–water partition coefficient (Wildman–Crippen LogP) is 3.96. The molecule has 3 heterocycles. The number of hydrogen-bond donors (Lipinski definition) is 0. The van der Waals surface area contributed by atoms with Crippen LogP contribution >= 0.6 is 0 Å². The zero-order valence-corrected chi connectivity index (χ0v) is 16.9. The van der Waals surface area contributed by atoms with E-state index in [1.165, 1.54) is 49.6 Å². The Labute approximate surface area is 162 Å². The summed E-state index contributed by atoms with van der Waals surface area (Å²) in [6.45, 7) is 5.41. The topological polar surface area (TPSA) is 39.5 Å². The molecule has 2 aliphatic heterocycles. The van der Waals surface area contributed by atoms with Crippen LogP contribution in [0.2, 0.25) is 0 Å². The third-order valence-electron chi connectivity index (χ3n) is 6.57. The molecule has 2 fully saturated rings. The Morgan fingerprint density at radius 2 is 1.93 bits per heavy atom. The van der Waals surface area contributed by atoms with Crippen molar-refractivity contribution in [2.75, 3.05) is 27.4 Å². The lowest BCUT2D eigenvalue weighted by molar-refractivity contribution is 0.0700. The van der Waals surface area contributed by atoms with E-state index in [-0.39, 0.29) is 0 Å². The standard InChI is InChI=1S/C22H33N3O2/c1-16(15-25-22-12-21(27-3)7-4-18(22)13-23-25)14-24-19-5-6-20(24)11-17(10-19)8-9-26-2/h4,7,12-13,16-17,19-20H,5-6,8-11,14-15H2,1-3H3/t16-,19-,20-/m1/s1. The molecule has 0 amide bonds. The summed E-state index contributed by atoms with van der Waals surface area (Å²) in [5.74, 6) is 2.34. The van der Waals surface area contributed by atoms with Gasteiger partial charge in [-0.25, -0.2) is 0 Å². The van der Waals surface area contributed by atoms with E-state index in [0.717, 1.165) is 36.9 Å². The molecule has 0 spiro atoms. The van der Waals surface area contributed by atoms with E-state index >= 15 is 0 Å². The quantitative estimate of drug-likeness (QED) is 0.704. The second kappa shape index (κ2) is 8.19. The van der Waals surface area contributed by atoms with Gasteiger partial charge in [-0.15, -0.1) is 0 Å². The Morgan fingerprint density at radius 1 is 1.15 bits per heavy atom. The molecule has 2 aliphatic rings. The van der Waals surface area contributed by atoms with Crippen molar-refractivity contribution in [2.24, 2.45) is 11.8 Å². The summed E-state index contributed by atoms with van der Waals surface area (Å²) >= 11 is 0. The molecular formula is C22H33N3O2. The molecule has 1 aromatic carbocycles. The van der Waals surface area contributed by atoms with Crippen LogP contribution in [0.4, 0.5) is 0 Å². The smallest absolute Gasteiger partial charge is 0.121 e. The molecule has 1 aromatic heterocycles. The van der Waals surface area contributed by atoms with Gasteiger partial charge >= 0.3 is 0 Å². The summed E-state index contributed by atoms with van der Waals surface area (Å²) in [6, 6.07) is 7.75. The maximum absolute atomic E-state index is 5.39. The van der Waals surface area contributed by atoms with Crippen molar-refractivity contribution in [3.63, 3.8) is 0 Å². The number of nitrogens with zero attached hydrogens (tertiary/aromatic N) is 3. The van der Waals surface area contributed by atoms with Crippen molar-refractivity contribution in [2.45, 2.75) is 57.7 Å². The molecule has 0 N–H and O–H groups in total. The Bertz CT molecular complexity index is 745. The average Bonchev–Trinajstić information content (AvgIpc) is 3.16. The van der Waals surface area contributed by atoms with E-state index in [1.807, 2.05) is 19.4 Å². The molecule has 5 nitrogen and oxygen atoms in total. The van der Waals surface area contributed by atoms with Gasteiger partial charge in [0.05, 0.1) is 18.8 Å². The number of benzene rings is 1. The minimum absolute atomic E-state index is 0.581. The molecule has 0 saturated carbocycles. The first-order valence-electron chi connectivity index (χ1n) is 10.4. The maximum atomic E-state index is 5.39. The van der Waals surface area contributed by atoms with E-state index in [2.05, 4.69) is 33.7 Å². The summed E-state index contributed by atoms with van der Waals surface area (Å²) in [4.78, 5) is 2.81. The molecule has 0 radical (unpaired) electrons. The molecule has 2 bridgehead atoms. The van der Waals surface area contributed by atoms with Crippen LogP contribution in [0.25, 0.3) is 10.9 Å². The van der Waals surface area contributed by atoms with Crippen LogP contribution in [0, 0.1) is 11.8 Å². The van der Waals surface area contributed by atoms with Crippen molar-refractivity contribution >= 4 is 10.9 Å². The van der Waals surface area contributed by atoms with Crippen molar-refractivity contribution in [1.29, 1.82) is 0 Å². The fourth-order valence-corrected chi connectivity index (χ4v) is 5.24. The highest BCUT2D eigenvalue weighted by atomic mass is 16.5. The number of fused-ring (bicyclic) bond motifs is 3. The van der Waals surface area contributed by atoms with Gasteiger partial charge in [0.25, 0.3) is 0 Å². The number of hydrogen-bond acceptors (Lipinski definition) is 4. The molecule has 0 unspecified atom stereocenters. The van der Waals surface area contributed by atoms with Crippen LogP contribution in [0.15, 0.2) is 24.4 Å². The number of aromatic nitrogens is 2. The fraction of sp³-hybridized carbons (Fsp3) is 0.682. The first kappa shape index (κ1) is 18.8. The van der Waals surface area contributed by atoms with Gasteiger partial charge in [-0.1, -0.05) is 6.92 Å². The lowest BCUT2D eigenvalue weighted by atomic mass is 9.88. The van der Waals surface area contributed by atoms with Crippen LogP contribution in [0.3, 0.4) is 0 Å². The summed E-state index contributed by atoms with van der Waals surface area (Å²) in [7, 11) is 3.54. The SMILES string of the molecule is COCCC1C[C@H]2CC[C@H](C1)N2C[C@@H](C)Cn1ncc2ccc(OC)cc21. The minimum Gasteiger partial charge on any atom is -0.497 e. The first-order chi connectivity index (χ1) is 13.2. The minimum atomic E-state index is 0.581. The lowest BCUT2D eigenvalue weighted by Crippen LogP contribution is -2.45. The third-order valence-corrected chi connectivity index (χ3v) is 6.57. The predicted molar refractivity (Wildman–Crippen MR) is 108 cm³/mol. The molecular weight excluding hydrogens is 338 g/mol. The van der Waals surface area contributed by atoms with Crippen molar-refractivity contribution in [3.05, 3.63) is 24.4 Å². The van der Waals surface area contributed by atoms with Crippen LogP contribution in [0.5, 0.6) is 5.75 Å². The Hall–Kier alpha value is -1.59. The number of piperidine rings is 1. The highest BCUT2D eigenvalue weighted by molar-refractivity contribution is 5.80. The fourth-order valence-electron chi connectivity index (χ4n) is 5.24. The van der Waals surface area contributed by atoms with Crippen molar-refractivity contribution in [3.8, 4) is 5.75 Å². The van der Waals surface area contributed by atoms with Gasteiger partial charge in [-0.2, -0.15) is 5.10 Å². The summed E-state index contributed by atoms with van der Waals surface area (Å²) in [5, 5.41) is 5.81. The van der Waals surface area contributed by atoms with E-state index in [9.17, 15) is 0 Å². The van der Waals surface area contributed by atoms with Gasteiger partial charge in [0.1, 0.15) is 5.75 Å². The first-order valence-corrected chi connectivity index (χ1v) is 10.4. The lowest BCUT2D eigenvalue weighted by Gasteiger charge is -2.40. The highest BCUT2D eigenvalue weighted by Gasteiger charge is 2.40. The molecule has 0 aliphatic carbocycles. The summed E-state index contributed by atoms with van der Waals surface area (Å²) in [6.07, 6.45) is 8.66. The van der Waals surface area contributed by atoms with Crippen LogP contribution < -0.4 is 4.74 Å². The zero-order chi connectivity index (χ0) is 18.8. The Kier molecular flexibility index (Phi) is 5.69. The van der Waals surface area contributed by atoms with Crippen LogP contribution in [-0.4, -0.2) is 54.1 Å². The molecule has 27 heavy (non-hydrogen) atoms. The molecule has 2 aromatic rings. The number of ether oxygens (including phenoxy) is 2. The van der Waals surface area contributed by atoms with Gasteiger partial charge in [0.15, 0.2) is 0 Å². The van der Waals surface area contributed by atoms with E-state index in [1.54, 1.807) is 7.11 Å². The van der Waals surface area contributed by atoms with Gasteiger partial charge in [-0.3, -0.25) is 9.58 Å². The Morgan fingerprint density at radius 3 is 2.63 bits per heavy atom. The van der Waals surface area contributed by atoms with E-state index in [0.29, 0.717) is 5.92 Å². The van der Waals surface area contributed by atoms with Crippen LogP contribution in [-0.2, 0) is 11.3 Å². The molecule has 148 valence electrons.